The number of hydrogen-bond donors (Lipinski definition) is 1. The van der Waals surface area contributed by atoms with E-state index in [1.165, 1.54) is 0 Å². The summed E-state index contributed by atoms with van der Waals surface area (Å²) in [6.45, 7) is 3.95. The molecule has 3 nitrogen and oxygen atoms in total. The van der Waals surface area contributed by atoms with Crippen molar-refractivity contribution in [3.63, 3.8) is 0 Å². The second kappa shape index (κ2) is 6.71. The summed E-state index contributed by atoms with van der Waals surface area (Å²) >= 11 is 0. The van der Waals surface area contributed by atoms with Crippen LogP contribution in [0.2, 0.25) is 0 Å². The molecular formula is C18H18N2O. The summed E-state index contributed by atoms with van der Waals surface area (Å²) in [5.41, 5.74) is 3.78. The van der Waals surface area contributed by atoms with Crippen LogP contribution in [0.3, 0.4) is 0 Å². The lowest BCUT2D eigenvalue weighted by Crippen LogP contribution is -2.28. The minimum Gasteiger partial charge on any atom is -0.349 e. The molecule has 0 bridgehead atoms. The zero-order valence-electron chi connectivity index (χ0n) is 12.3. The second-order valence-corrected chi connectivity index (χ2v) is 5.13. The van der Waals surface area contributed by atoms with Crippen molar-refractivity contribution in [2.75, 3.05) is 0 Å². The highest BCUT2D eigenvalue weighted by Gasteiger charge is 2.11. The largest absolute Gasteiger partial charge is 0.349 e. The van der Waals surface area contributed by atoms with Crippen LogP contribution in [0.15, 0.2) is 48.5 Å². The molecule has 1 unspecified atom stereocenters. The zero-order valence-corrected chi connectivity index (χ0v) is 12.3. The fraction of sp³-hybridized carbons (Fsp3) is 0.222. The van der Waals surface area contributed by atoms with Crippen molar-refractivity contribution in [3.05, 3.63) is 70.8 Å². The summed E-state index contributed by atoms with van der Waals surface area (Å²) in [5, 5.41) is 11.8. The van der Waals surface area contributed by atoms with Crippen LogP contribution in [0.5, 0.6) is 0 Å². The van der Waals surface area contributed by atoms with Crippen LogP contribution in [0, 0.1) is 18.3 Å². The van der Waals surface area contributed by atoms with E-state index >= 15 is 0 Å². The first-order chi connectivity index (χ1) is 10.1. The molecule has 0 aliphatic heterocycles. The molecule has 2 aromatic carbocycles. The number of nitrogens with zero attached hydrogens (tertiary/aromatic N) is 1. The van der Waals surface area contributed by atoms with Gasteiger partial charge >= 0.3 is 0 Å². The predicted octanol–water partition coefficient (Wildman–Crippen LogP) is 3.29. The summed E-state index contributed by atoms with van der Waals surface area (Å²) in [6, 6.07) is 17.2. The summed E-state index contributed by atoms with van der Waals surface area (Å²) in [4.78, 5) is 12.1. The number of rotatable bonds is 4. The van der Waals surface area contributed by atoms with Gasteiger partial charge in [0, 0.05) is 0 Å². The minimum atomic E-state index is -0.0748. The average Bonchev–Trinajstić information content (AvgIpc) is 2.49. The number of amides is 1. The smallest absolute Gasteiger partial charge is 0.224 e. The molecule has 1 amide bonds. The van der Waals surface area contributed by atoms with Gasteiger partial charge in [-0.1, -0.05) is 36.4 Å². The van der Waals surface area contributed by atoms with Crippen molar-refractivity contribution >= 4 is 5.91 Å². The van der Waals surface area contributed by atoms with Gasteiger partial charge in [0.1, 0.15) is 0 Å². The lowest BCUT2D eigenvalue weighted by atomic mass is 10.0. The highest BCUT2D eigenvalue weighted by atomic mass is 16.1. The maximum Gasteiger partial charge on any atom is 0.224 e. The van der Waals surface area contributed by atoms with Crippen molar-refractivity contribution in [2.24, 2.45) is 0 Å². The molecule has 0 radical (unpaired) electrons. The van der Waals surface area contributed by atoms with Gasteiger partial charge in [-0.25, -0.2) is 0 Å². The Morgan fingerprint density at radius 2 is 1.86 bits per heavy atom. The Morgan fingerprint density at radius 3 is 2.48 bits per heavy atom. The number of carbonyl (C=O) groups excluding carboxylic acids is 1. The van der Waals surface area contributed by atoms with Gasteiger partial charge in [0.25, 0.3) is 0 Å². The topological polar surface area (TPSA) is 52.9 Å². The Hall–Kier alpha value is -2.60. The maximum atomic E-state index is 12.1. The van der Waals surface area contributed by atoms with Gasteiger partial charge in [0.2, 0.25) is 5.91 Å². The third-order valence-corrected chi connectivity index (χ3v) is 3.53. The van der Waals surface area contributed by atoms with Gasteiger partial charge in [-0.3, -0.25) is 4.79 Å². The molecule has 0 aliphatic rings. The zero-order chi connectivity index (χ0) is 15.2. The first kappa shape index (κ1) is 14.8. The lowest BCUT2D eigenvalue weighted by molar-refractivity contribution is -0.121. The number of hydrogen-bond acceptors (Lipinski definition) is 2. The molecule has 21 heavy (non-hydrogen) atoms. The van der Waals surface area contributed by atoms with Crippen LogP contribution in [0.25, 0.3) is 0 Å². The van der Waals surface area contributed by atoms with Gasteiger partial charge in [-0.15, -0.1) is 0 Å². The van der Waals surface area contributed by atoms with Crippen molar-refractivity contribution < 1.29 is 4.79 Å². The summed E-state index contributed by atoms with van der Waals surface area (Å²) in [6.07, 6.45) is 0.382. The summed E-state index contributed by atoms with van der Waals surface area (Å²) in [7, 11) is 0. The van der Waals surface area contributed by atoms with E-state index in [1.54, 1.807) is 12.1 Å². The predicted molar refractivity (Wildman–Crippen MR) is 82.6 cm³/mol. The molecule has 1 atom stereocenters. The Labute approximate surface area is 125 Å². The Balaban J connectivity index is 1.99. The lowest BCUT2D eigenvalue weighted by Gasteiger charge is -2.15. The maximum absolute atomic E-state index is 12.1. The van der Waals surface area contributed by atoms with Crippen LogP contribution in [0.4, 0.5) is 0 Å². The van der Waals surface area contributed by atoms with Gasteiger partial charge in [0.05, 0.1) is 24.1 Å². The molecule has 0 fully saturated rings. The Kier molecular flexibility index (Phi) is 4.73. The standard InChI is InChI=1S/C18H18N2O/c1-13-5-3-4-6-17(13)11-18(21)20-14(2)16-9-7-15(12-19)8-10-16/h3-10,14H,11H2,1-2H3,(H,20,21). The third-order valence-electron chi connectivity index (χ3n) is 3.53. The van der Waals surface area contributed by atoms with Gasteiger partial charge in [-0.05, 0) is 42.7 Å². The van der Waals surface area contributed by atoms with E-state index in [0.29, 0.717) is 12.0 Å². The van der Waals surface area contributed by atoms with Crippen molar-refractivity contribution in [1.29, 1.82) is 5.26 Å². The number of benzene rings is 2. The molecule has 2 rings (SSSR count). The molecule has 0 saturated carbocycles. The second-order valence-electron chi connectivity index (χ2n) is 5.13. The molecule has 1 N–H and O–H groups in total. The number of carbonyl (C=O) groups is 1. The van der Waals surface area contributed by atoms with Gasteiger partial charge in [-0.2, -0.15) is 5.26 Å². The van der Waals surface area contributed by atoms with Crippen LogP contribution in [0.1, 0.15) is 35.2 Å². The van der Waals surface area contributed by atoms with E-state index in [9.17, 15) is 4.79 Å². The van der Waals surface area contributed by atoms with E-state index in [-0.39, 0.29) is 11.9 Å². The van der Waals surface area contributed by atoms with Crippen molar-refractivity contribution in [1.82, 2.24) is 5.32 Å². The molecule has 0 aliphatic carbocycles. The third kappa shape index (κ3) is 3.93. The van der Waals surface area contributed by atoms with Crippen LogP contribution in [-0.2, 0) is 11.2 Å². The summed E-state index contributed by atoms with van der Waals surface area (Å²) < 4.78 is 0. The molecule has 0 aromatic heterocycles. The Morgan fingerprint density at radius 1 is 1.19 bits per heavy atom. The molecule has 0 saturated heterocycles. The van der Waals surface area contributed by atoms with Gasteiger partial charge in [0.15, 0.2) is 0 Å². The van der Waals surface area contributed by atoms with Crippen LogP contribution in [-0.4, -0.2) is 5.91 Å². The van der Waals surface area contributed by atoms with E-state index < -0.39 is 0 Å². The molecule has 2 aromatic rings. The fourth-order valence-electron chi connectivity index (χ4n) is 2.20. The number of nitrogens with one attached hydrogen (secondary N) is 1. The van der Waals surface area contributed by atoms with Gasteiger partial charge < -0.3 is 5.32 Å². The van der Waals surface area contributed by atoms with E-state index in [4.69, 9.17) is 5.26 Å². The quantitative estimate of drug-likeness (QED) is 0.933. The number of nitriles is 1. The molecule has 0 heterocycles. The van der Waals surface area contributed by atoms with E-state index in [1.807, 2.05) is 50.2 Å². The molecule has 3 heteroatoms. The fourth-order valence-corrected chi connectivity index (χ4v) is 2.20. The van der Waals surface area contributed by atoms with E-state index in [2.05, 4.69) is 11.4 Å². The van der Waals surface area contributed by atoms with Crippen LogP contribution >= 0.6 is 0 Å². The first-order valence-electron chi connectivity index (χ1n) is 6.94. The first-order valence-corrected chi connectivity index (χ1v) is 6.94. The Bertz CT molecular complexity index is 668. The molecule has 0 spiro atoms. The van der Waals surface area contributed by atoms with Crippen molar-refractivity contribution in [2.45, 2.75) is 26.3 Å². The highest BCUT2D eigenvalue weighted by Crippen LogP contribution is 2.14. The van der Waals surface area contributed by atoms with E-state index in [0.717, 1.165) is 16.7 Å². The molecule has 106 valence electrons. The monoisotopic (exact) mass is 278 g/mol. The highest BCUT2D eigenvalue weighted by molar-refractivity contribution is 5.79. The normalized spacial score (nSPS) is 11.5. The number of aryl methyl sites for hydroxylation is 1. The molecular weight excluding hydrogens is 260 g/mol. The minimum absolute atomic E-state index is 0.00107. The van der Waals surface area contributed by atoms with Crippen molar-refractivity contribution in [3.8, 4) is 6.07 Å². The summed E-state index contributed by atoms with van der Waals surface area (Å²) in [5.74, 6) is 0.00107. The average molecular weight is 278 g/mol. The van der Waals surface area contributed by atoms with Crippen LogP contribution < -0.4 is 5.32 Å². The SMILES string of the molecule is Cc1ccccc1CC(=O)NC(C)c1ccc(C#N)cc1.